The minimum absolute atomic E-state index is 0.0832. The van der Waals surface area contributed by atoms with E-state index >= 15 is 0 Å². The van der Waals surface area contributed by atoms with Crippen LogP contribution in [0.3, 0.4) is 0 Å². The average Bonchev–Trinajstić information content (AvgIpc) is 2.67. The summed E-state index contributed by atoms with van der Waals surface area (Å²) < 4.78 is 21.4. The van der Waals surface area contributed by atoms with Crippen LogP contribution in [0.1, 0.15) is 5.56 Å². The Hall–Kier alpha value is -2.93. The molecule has 0 saturated heterocycles. The average molecular weight is 375 g/mol. The summed E-state index contributed by atoms with van der Waals surface area (Å²) in [5.74, 6) is 2.38. The molecule has 0 radical (unpaired) electrons. The van der Waals surface area contributed by atoms with Gasteiger partial charge >= 0.3 is 0 Å². The number of rotatable bonds is 9. The number of ether oxygens (including phenoxy) is 4. The van der Waals surface area contributed by atoms with Crippen LogP contribution in [0.4, 0.5) is 5.69 Å². The molecule has 1 unspecified atom stereocenters. The zero-order chi connectivity index (χ0) is 19.8. The van der Waals surface area contributed by atoms with Crippen LogP contribution < -0.4 is 29.2 Å². The second-order valence-electron chi connectivity index (χ2n) is 6.08. The number of amides is 1. The van der Waals surface area contributed by atoms with Crippen molar-refractivity contribution < 1.29 is 28.6 Å². The Morgan fingerprint density at radius 2 is 1.70 bits per heavy atom. The number of methoxy groups -OCH3 is 4. The first-order chi connectivity index (χ1) is 13.0. The van der Waals surface area contributed by atoms with Crippen molar-refractivity contribution in [1.29, 1.82) is 0 Å². The molecule has 27 heavy (non-hydrogen) atoms. The van der Waals surface area contributed by atoms with Crippen LogP contribution in [0.15, 0.2) is 36.4 Å². The van der Waals surface area contributed by atoms with Crippen LogP contribution in [0.2, 0.25) is 0 Å². The number of carbonyl (C=O) groups is 1. The van der Waals surface area contributed by atoms with Crippen LogP contribution in [0, 0.1) is 0 Å². The number of quaternary nitrogens is 1. The Morgan fingerprint density at radius 1 is 0.963 bits per heavy atom. The third-order valence-corrected chi connectivity index (χ3v) is 4.09. The molecule has 2 aromatic rings. The molecular formula is C20H27N2O5+. The molecule has 0 aliphatic heterocycles. The van der Waals surface area contributed by atoms with Crippen molar-refractivity contribution in [2.45, 2.75) is 6.54 Å². The molecule has 1 amide bonds. The molecule has 2 aromatic carbocycles. The predicted molar refractivity (Wildman–Crippen MR) is 103 cm³/mol. The first kappa shape index (κ1) is 20.4. The van der Waals surface area contributed by atoms with Crippen molar-refractivity contribution in [2.75, 3.05) is 47.3 Å². The molecule has 0 spiro atoms. The van der Waals surface area contributed by atoms with Gasteiger partial charge in [0.1, 0.15) is 12.3 Å². The second-order valence-corrected chi connectivity index (χ2v) is 6.08. The van der Waals surface area contributed by atoms with Gasteiger partial charge in [-0.15, -0.1) is 0 Å². The van der Waals surface area contributed by atoms with E-state index in [2.05, 4.69) is 5.32 Å². The van der Waals surface area contributed by atoms with Crippen molar-refractivity contribution in [3.8, 4) is 23.0 Å². The largest absolute Gasteiger partial charge is 0.497 e. The smallest absolute Gasteiger partial charge is 0.279 e. The summed E-state index contributed by atoms with van der Waals surface area (Å²) >= 11 is 0. The molecule has 7 nitrogen and oxygen atoms in total. The highest BCUT2D eigenvalue weighted by atomic mass is 16.5. The van der Waals surface area contributed by atoms with Crippen molar-refractivity contribution in [3.05, 3.63) is 42.0 Å². The van der Waals surface area contributed by atoms with Crippen LogP contribution >= 0.6 is 0 Å². The van der Waals surface area contributed by atoms with Gasteiger partial charge in [0.25, 0.3) is 5.91 Å². The Morgan fingerprint density at radius 3 is 2.33 bits per heavy atom. The topological polar surface area (TPSA) is 70.5 Å². The maximum absolute atomic E-state index is 12.3. The number of benzene rings is 2. The third-order valence-electron chi connectivity index (χ3n) is 4.09. The van der Waals surface area contributed by atoms with E-state index in [0.717, 1.165) is 10.5 Å². The van der Waals surface area contributed by atoms with Crippen molar-refractivity contribution in [3.63, 3.8) is 0 Å². The lowest BCUT2D eigenvalue weighted by Gasteiger charge is -2.18. The molecule has 0 aromatic heterocycles. The van der Waals surface area contributed by atoms with E-state index in [9.17, 15) is 4.79 Å². The SMILES string of the molecule is COc1cccc(NC(=O)C[NH+](C)Cc2ccc(OC)c(OC)c2OC)c1. The fraction of sp³-hybridized carbons (Fsp3) is 0.350. The standard InChI is InChI=1S/C20H26N2O5/c1-22(13-18(23)21-15-7-6-8-16(11-15)24-2)12-14-9-10-17(25-3)20(27-5)19(14)26-4/h6-11H,12-13H2,1-5H3,(H,21,23)/p+1. The van der Waals surface area contributed by atoms with E-state index in [1.807, 2.05) is 37.4 Å². The van der Waals surface area contributed by atoms with Gasteiger partial charge in [-0.1, -0.05) is 6.07 Å². The van der Waals surface area contributed by atoms with Crippen molar-refractivity contribution in [2.24, 2.45) is 0 Å². The summed E-state index contributed by atoms with van der Waals surface area (Å²) in [6.07, 6.45) is 0. The van der Waals surface area contributed by atoms with E-state index in [1.54, 1.807) is 34.5 Å². The van der Waals surface area contributed by atoms with Gasteiger partial charge in [-0.25, -0.2) is 0 Å². The minimum atomic E-state index is -0.0832. The van der Waals surface area contributed by atoms with Gasteiger partial charge in [-0.05, 0) is 24.3 Å². The summed E-state index contributed by atoms with van der Waals surface area (Å²) in [6, 6.07) is 11.0. The first-order valence-electron chi connectivity index (χ1n) is 8.55. The third kappa shape index (κ3) is 5.27. The minimum Gasteiger partial charge on any atom is -0.497 e. The van der Waals surface area contributed by atoms with Crippen LogP contribution in [-0.2, 0) is 11.3 Å². The lowest BCUT2D eigenvalue weighted by molar-refractivity contribution is -0.885. The molecule has 2 N–H and O–H groups in total. The molecular weight excluding hydrogens is 348 g/mol. The fourth-order valence-electron chi connectivity index (χ4n) is 2.87. The fourth-order valence-corrected chi connectivity index (χ4v) is 2.87. The van der Waals surface area contributed by atoms with E-state index in [1.165, 1.54) is 0 Å². The number of hydrogen-bond acceptors (Lipinski definition) is 5. The molecule has 0 aliphatic rings. The van der Waals surface area contributed by atoms with E-state index < -0.39 is 0 Å². The lowest BCUT2D eigenvalue weighted by Crippen LogP contribution is -3.08. The van der Waals surface area contributed by atoms with E-state index in [0.29, 0.717) is 41.8 Å². The molecule has 0 bridgehead atoms. The van der Waals surface area contributed by atoms with Crippen LogP contribution in [0.5, 0.6) is 23.0 Å². The predicted octanol–water partition coefficient (Wildman–Crippen LogP) is 1.37. The van der Waals surface area contributed by atoms with Gasteiger partial charge in [-0.3, -0.25) is 4.79 Å². The number of hydrogen-bond donors (Lipinski definition) is 2. The Bertz CT molecular complexity index is 779. The number of anilines is 1. The Balaban J connectivity index is 2.04. The highest BCUT2D eigenvalue weighted by Crippen LogP contribution is 2.39. The van der Waals surface area contributed by atoms with Gasteiger partial charge in [0.2, 0.25) is 5.75 Å². The van der Waals surface area contributed by atoms with Crippen molar-refractivity contribution >= 4 is 11.6 Å². The number of likely N-dealkylation sites (N-methyl/N-ethyl adjacent to an activating group) is 1. The molecule has 2 rings (SSSR count). The molecule has 7 heteroatoms. The van der Waals surface area contributed by atoms with Crippen molar-refractivity contribution in [1.82, 2.24) is 0 Å². The zero-order valence-corrected chi connectivity index (χ0v) is 16.4. The number of nitrogens with one attached hydrogen (secondary N) is 2. The summed E-state index contributed by atoms with van der Waals surface area (Å²) in [7, 11) is 8.28. The lowest BCUT2D eigenvalue weighted by atomic mass is 10.1. The Labute approximate surface area is 159 Å². The first-order valence-corrected chi connectivity index (χ1v) is 8.55. The molecule has 0 fully saturated rings. The zero-order valence-electron chi connectivity index (χ0n) is 16.4. The Kier molecular flexibility index (Phi) is 7.31. The molecule has 0 aliphatic carbocycles. The quantitative estimate of drug-likeness (QED) is 0.693. The molecule has 0 heterocycles. The maximum atomic E-state index is 12.3. The second kappa shape index (κ2) is 9.68. The summed E-state index contributed by atoms with van der Waals surface area (Å²) in [4.78, 5) is 13.3. The van der Waals surface area contributed by atoms with Gasteiger partial charge in [0.15, 0.2) is 18.0 Å². The molecule has 0 saturated carbocycles. The number of carbonyl (C=O) groups excluding carboxylic acids is 1. The van der Waals surface area contributed by atoms with Gasteiger partial charge < -0.3 is 29.2 Å². The highest BCUT2D eigenvalue weighted by molar-refractivity contribution is 5.91. The molecule has 1 atom stereocenters. The van der Waals surface area contributed by atoms with Gasteiger partial charge in [0.05, 0.1) is 41.1 Å². The summed E-state index contributed by atoms with van der Waals surface area (Å²) in [6.45, 7) is 0.893. The van der Waals surface area contributed by atoms with E-state index in [-0.39, 0.29) is 5.91 Å². The summed E-state index contributed by atoms with van der Waals surface area (Å²) in [5, 5.41) is 2.89. The highest BCUT2D eigenvalue weighted by Gasteiger charge is 2.19. The summed E-state index contributed by atoms with van der Waals surface area (Å²) in [5.41, 5.74) is 1.64. The van der Waals surface area contributed by atoms with Crippen LogP contribution in [-0.4, -0.2) is 47.9 Å². The molecule has 146 valence electrons. The van der Waals surface area contributed by atoms with Gasteiger partial charge in [0, 0.05) is 11.8 Å². The maximum Gasteiger partial charge on any atom is 0.279 e. The van der Waals surface area contributed by atoms with Crippen LogP contribution in [0.25, 0.3) is 0 Å². The van der Waals surface area contributed by atoms with Gasteiger partial charge in [-0.2, -0.15) is 0 Å². The van der Waals surface area contributed by atoms with E-state index in [4.69, 9.17) is 18.9 Å². The monoisotopic (exact) mass is 375 g/mol. The normalized spacial score (nSPS) is 11.4.